The molecule has 22 heavy (non-hydrogen) atoms. The summed E-state index contributed by atoms with van der Waals surface area (Å²) in [6.07, 6.45) is 0. The van der Waals surface area contributed by atoms with Crippen LogP contribution in [0, 0.1) is 11.6 Å². The normalized spacial score (nSPS) is 10.2. The van der Waals surface area contributed by atoms with E-state index in [1.807, 2.05) is 0 Å². The molecule has 2 aromatic rings. The largest absolute Gasteiger partial charge is 0.326 e. The Hall–Kier alpha value is -2.28. The second kappa shape index (κ2) is 6.65. The zero-order valence-electron chi connectivity index (χ0n) is 11.4. The zero-order chi connectivity index (χ0) is 16.3. The summed E-state index contributed by atoms with van der Waals surface area (Å²) in [5.74, 6) is -2.54. The third kappa shape index (κ3) is 3.88. The fraction of sp³-hybridized carbons (Fsp3) is 0.0667. The number of anilines is 2. The van der Waals surface area contributed by atoms with Gasteiger partial charge in [-0.25, -0.2) is 8.78 Å². The predicted octanol–water partition coefficient (Wildman–Crippen LogP) is 3.94. The summed E-state index contributed by atoms with van der Waals surface area (Å²) in [4.78, 5) is 23.0. The minimum Gasteiger partial charge on any atom is -0.326 e. The van der Waals surface area contributed by atoms with Crippen molar-refractivity contribution in [3.8, 4) is 0 Å². The average Bonchev–Trinajstić information content (AvgIpc) is 2.44. The van der Waals surface area contributed by atoms with E-state index in [0.29, 0.717) is 10.2 Å². The Morgan fingerprint density at radius 3 is 2.36 bits per heavy atom. The van der Waals surface area contributed by atoms with E-state index in [0.717, 1.165) is 12.1 Å². The molecule has 4 nitrogen and oxygen atoms in total. The smallest absolute Gasteiger partial charge is 0.258 e. The molecule has 0 aliphatic heterocycles. The molecule has 0 saturated carbocycles. The minimum atomic E-state index is -0.794. The summed E-state index contributed by atoms with van der Waals surface area (Å²) in [7, 11) is 0. The lowest BCUT2D eigenvalue weighted by atomic mass is 10.2. The summed E-state index contributed by atoms with van der Waals surface area (Å²) < 4.78 is 27.9. The van der Waals surface area contributed by atoms with Gasteiger partial charge in [0.1, 0.15) is 11.6 Å². The van der Waals surface area contributed by atoms with Crippen molar-refractivity contribution in [1.82, 2.24) is 0 Å². The molecule has 0 heterocycles. The van der Waals surface area contributed by atoms with Gasteiger partial charge in [0.2, 0.25) is 5.91 Å². The van der Waals surface area contributed by atoms with Gasteiger partial charge in [-0.15, -0.1) is 0 Å². The second-order valence-electron chi connectivity index (χ2n) is 4.45. The van der Waals surface area contributed by atoms with Gasteiger partial charge in [-0.2, -0.15) is 0 Å². The standard InChI is InChI=1S/C15H11BrF2N2O2/c1-8(21)19-10-3-5-13(18)14(7-10)20-15(22)11-6-9(16)2-4-12(11)17/h2-7H,1H3,(H,19,21)(H,20,22). The van der Waals surface area contributed by atoms with Crippen molar-refractivity contribution < 1.29 is 18.4 Å². The molecule has 0 atom stereocenters. The number of nitrogens with one attached hydrogen (secondary N) is 2. The summed E-state index contributed by atoms with van der Waals surface area (Å²) >= 11 is 3.14. The van der Waals surface area contributed by atoms with E-state index in [4.69, 9.17) is 0 Å². The Labute approximate surface area is 133 Å². The van der Waals surface area contributed by atoms with Gasteiger partial charge in [-0.1, -0.05) is 15.9 Å². The quantitative estimate of drug-likeness (QED) is 0.861. The molecule has 2 rings (SSSR count). The van der Waals surface area contributed by atoms with Gasteiger partial charge in [0.15, 0.2) is 0 Å². The van der Waals surface area contributed by atoms with Gasteiger partial charge in [0.25, 0.3) is 5.91 Å². The lowest BCUT2D eigenvalue weighted by Crippen LogP contribution is -2.15. The summed E-state index contributed by atoms with van der Waals surface area (Å²) in [6.45, 7) is 1.30. The molecule has 0 aromatic heterocycles. The highest BCUT2D eigenvalue weighted by Gasteiger charge is 2.15. The summed E-state index contributed by atoms with van der Waals surface area (Å²) in [5.41, 5.74) is -0.0618. The van der Waals surface area contributed by atoms with Gasteiger partial charge < -0.3 is 10.6 Å². The molecule has 0 spiro atoms. The van der Waals surface area contributed by atoms with Crippen LogP contribution < -0.4 is 10.6 Å². The fourth-order valence-electron chi connectivity index (χ4n) is 1.76. The molecule has 0 unspecified atom stereocenters. The number of carbonyl (C=O) groups excluding carboxylic acids is 2. The van der Waals surface area contributed by atoms with Gasteiger partial charge in [-0.05, 0) is 36.4 Å². The van der Waals surface area contributed by atoms with Crippen LogP contribution >= 0.6 is 15.9 Å². The summed E-state index contributed by atoms with van der Waals surface area (Å²) in [6, 6.07) is 7.57. The topological polar surface area (TPSA) is 58.2 Å². The number of rotatable bonds is 3. The first-order valence-corrected chi connectivity index (χ1v) is 6.99. The molecular formula is C15H11BrF2N2O2. The van der Waals surface area contributed by atoms with Crippen LogP contribution in [0.2, 0.25) is 0 Å². The Morgan fingerprint density at radius 1 is 1.00 bits per heavy atom. The lowest BCUT2D eigenvalue weighted by molar-refractivity contribution is -0.114. The number of benzene rings is 2. The molecule has 0 aliphatic rings. The first-order valence-electron chi connectivity index (χ1n) is 6.20. The Kier molecular flexibility index (Phi) is 4.87. The van der Waals surface area contributed by atoms with Gasteiger partial charge in [0, 0.05) is 17.1 Å². The molecule has 7 heteroatoms. The Morgan fingerprint density at radius 2 is 1.68 bits per heavy atom. The van der Waals surface area contributed by atoms with Crippen molar-refractivity contribution in [2.45, 2.75) is 6.92 Å². The van der Waals surface area contributed by atoms with Crippen molar-refractivity contribution in [3.05, 3.63) is 58.1 Å². The van der Waals surface area contributed by atoms with Gasteiger partial charge >= 0.3 is 0 Å². The van der Waals surface area contributed by atoms with Crippen molar-refractivity contribution in [2.24, 2.45) is 0 Å². The van der Waals surface area contributed by atoms with Crippen molar-refractivity contribution in [1.29, 1.82) is 0 Å². The highest BCUT2D eigenvalue weighted by Crippen LogP contribution is 2.22. The van der Waals surface area contributed by atoms with Crippen LogP contribution in [0.3, 0.4) is 0 Å². The molecule has 2 aromatic carbocycles. The lowest BCUT2D eigenvalue weighted by Gasteiger charge is -2.10. The van der Waals surface area contributed by atoms with Crippen LogP contribution in [0.5, 0.6) is 0 Å². The molecule has 0 radical (unpaired) electrons. The Bertz CT molecular complexity index is 750. The molecule has 0 fully saturated rings. The number of hydrogen-bond acceptors (Lipinski definition) is 2. The SMILES string of the molecule is CC(=O)Nc1ccc(F)c(NC(=O)c2cc(Br)ccc2F)c1. The van der Waals surface area contributed by atoms with Crippen molar-refractivity contribution in [2.75, 3.05) is 10.6 Å². The molecule has 2 amide bonds. The van der Waals surface area contributed by atoms with E-state index in [1.54, 1.807) is 0 Å². The van der Waals surface area contributed by atoms with Crippen LogP contribution in [0.15, 0.2) is 40.9 Å². The number of halogens is 3. The van der Waals surface area contributed by atoms with E-state index in [-0.39, 0.29) is 17.2 Å². The maximum atomic E-state index is 13.7. The van der Waals surface area contributed by atoms with Gasteiger partial charge in [0.05, 0.1) is 11.3 Å². The highest BCUT2D eigenvalue weighted by molar-refractivity contribution is 9.10. The summed E-state index contributed by atoms with van der Waals surface area (Å²) in [5, 5.41) is 4.75. The van der Waals surface area contributed by atoms with E-state index < -0.39 is 17.5 Å². The maximum Gasteiger partial charge on any atom is 0.258 e. The van der Waals surface area contributed by atoms with Crippen LogP contribution in [-0.2, 0) is 4.79 Å². The van der Waals surface area contributed by atoms with Crippen LogP contribution in [0.1, 0.15) is 17.3 Å². The first kappa shape index (κ1) is 16.1. The molecular weight excluding hydrogens is 358 g/mol. The molecule has 2 N–H and O–H groups in total. The number of amides is 2. The van der Waals surface area contributed by atoms with E-state index in [9.17, 15) is 18.4 Å². The van der Waals surface area contributed by atoms with Crippen molar-refractivity contribution >= 4 is 39.1 Å². The van der Waals surface area contributed by atoms with Gasteiger partial charge in [-0.3, -0.25) is 9.59 Å². The van der Waals surface area contributed by atoms with E-state index >= 15 is 0 Å². The molecule has 0 aliphatic carbocycles. The average molecular weight is 369 g/mol. The third-order valence-electron chi connectivity index (χ3n) is 2.71. The van der Waals surface area contributed by atoms with E-state index in [2.05, 4.69) is 26.6 Å². The molecule has 114 valence electrons. The number of hydrogen-bond donors (Lipinski definition) is 2. The predicted molar refractivity (Wildman–Crippen MR) is 82.8 cm³/mol. The first-order chi connectivity index (χ1) is 10.4. The van der Waals surface area contributed by atoms with E-state index in [1.165, 1.54) is 31.2 Å². The highest BCUT2D eigenvalue weighted by atomic mass is 79.9. The Balaban J connectivity index is 2.27. The monoisotopic (exact) mass is 368 g/mol. The van der Waals surface area contributed by atoms with Crippen LogP contribution in [-0.4, -0.2) is 11.8 Å². The fourth-order valence-corrected chi connectivity index (χ4v) is 2.12. The minimum absolute atomic E-state index is 0.157. The van der Waals surface area contributed by atoms with Crippen LogP contribution in [0.25, 0.3) is 0 Å². The van der Waals surface area contributed by atoms with Crippen LogP contribution in [0.4, 0.5) is 20.2 Å². The third-order valence-corrected chi connectivity index (χ3v) is 3.20. The zero-order valence-corrected chi connectivity index (χ0v) is 13.0. The number of carbonyl (C=O) groups is 2. The maximum absolute atomic E-state index is 13.7. The second-order valence-corrected chi connectivity index (χ2v) is 5.37. The van der Waals surface area contributed by atoms with Crippen molar-refractivity contribution in [3.63, 3.8) is 0 Å². The molecule has 0 saturated heterocycles. The molecule has 0 bridgehead atoms.